The summed E-state index contributed by atoms with van der Waals surface area (Å²) in [5, 5.41) is 7.18. The van der Waals surface area contributed by atoms with E-state index in [1.807, 2.05) is 0 Å². The Bertz CT molecular complexity index is 490. The fraction of sp³-hybridized carbons (Fsp3) is 0.950. The summed E-state index contributed by atoms with van der Waals surface area (Å²) in [4.78, 5) is 2.69. The van der Waals surface area contributed by atoms with Crippen LogP contribution in [-0.4, -0.2) is 59.0 Å². The molecule has 25 heavy (non-hydrogen) atoms. The molecule has 0 radical (unpaired) electrons. The first-order chi connectivity index (χ1) is 11.9. The van der Waals surface area contributed by atoms with Gasteiger partial charge in [0.25, 0.3) is 0 Å². The summed E-state index contributed by atoms with van der Waals surface area (Å²) in [7, 11) is 0. The number of hydrazone groups is 1. The van der Waals surface area contributed by atoms with E-state index >= 15 is 0 Å². The maximum atomic E-state index is 13.5. The van der Waals surface area contributed by atoms with Gasteiger partial charge in [0, 0.05) is 42.8 Å². The third-order valence-corrected chi connectivity index (χ3v) is 7.42. The predicted molar refractivity (Wildman–Crippen MR) is 100 cm³/mol. The van der Waals surface area contributed by atoms with Crippen LogP contribution < -0.4 is 5.73 Å². The van der Waals surface area contributed by atoms with Crippen LogP contribution in [0.25, 0.3) is 0 Å². The zero-order valence-electron chi connectivity index (χ0n) is 15.9. The third kappa shape index (κ3) is 3.59. The molecule has 4 rings (SSSR count). The quantitative estimate of drug-likeness (QED) is 0.832. The number of halogens is 1. The van der Waals surface area contributed by atoms with Gasteiger partial charge in [-0.05, 0) is 64.2 Å². The van der Waals surface area contributed by atoms with Crippen molar-refractivity contribution in [3.63, 3.8) is 0 Å². The molecule has 4 nitrogen and oxygen atoms in total. The number of alkyl halides is 1. The van der Waals surface area contributed by atoms with Crippen LogP contribution in [0, 0.1) is 11.8 Å². The van der Waals surface area contributed by atoms with Gasteiger partial charge in [0.05, 0.1) is 6.04 Å². The number of piperidine rings is 1. The van der Waals surface area contributed by atoms with Gasteiger partial charge in [-0.15, -0.1) is 0 Å². The molecule has 0 aromatic rings. The summed E-state index contributed by atoms with van der Waals surface area (Å²) >= 11 is 0. The van der Waals surface area contributed by atoms with E-state index in [2.05, 4.69) is 30.0 Å². The van der Waals surface area contributed by atoms with Crippen molar-refractivity contribution in [1.82, 2.24) is 9.91 Å². The molecular weight excluding hydrogens is 315 g/mol. The average molecular weight is 351 g/mol. The van der Waals surface area contributed by atoms with Gasteiger partial charge in [0.15, 0.2) is 0 Å². The second-order valence-corrected chi connectivity index (χ2v) is 9.49. The molecule has 0 amide bonds. The lowest BCUT2D eigenvalue weighted by Gasteiger charge is -2.48. The number of hydrogen-bond acceptors (Lipinski definition) is 4. The summed E-state index contributed by atoms with van der Waals surface area (Å²) in [6, 6.07) is 1.69. The molecule has 2 saturated carbocycles. The largest absolute Gasteiger partial charge is 0.325 e. The van der Waals surface area contributed by atoms with Crippen molar-refractivity contribution >= 4 is 6.21 Å². The molecule has 2 heterocycles. The minimum Gasteiger partial charge on any atom is -0.325 e. The maximum absolute atomic E-state index is 13.5. The van der Waals surface area contributed by atoms with E-state index in [1.165, 1.54) is 12.8 Å². The molecule has 2 aliphatic carbocycles. The summed E-state index contributed by atoms with van der Waals surface area (Å²) in [5.74, 6) is 1.28. The van der Waals surface area contributed by atoms with Crippen LogP contribution in [0.5, 0.6) is 0 Å². The van der Waals surface area contributed by atoms with Crippen LogP contribution in [-0.2, 0) is 0 Å². The van der Waals surface area contributed by atoms with Gasteiger partial charge < -0.3 is 5.73 Å². The van der Waals surface area contributed by atoms with Gasteiger partial charge in [0.2, 0.25) is 0 Å². The van der Waals surface area contributed by atoms with Crippen molar-refractivity contribution in [2.45, 2.75) is 95.1 Å². The standard InChI is InChI=1S/C20H35FN4/c1-14-11-19-15(12-18(14)24-9-7-20(2,22)8-10-24)13-23-25(19)17-5-3-16(21)4-6-17/h13-19H,3-12,22H2,1-2H3. The van der Waals surface area contributed by atoms with Crippen molar-refractivity contribution in [2.75, 3.05) is 13.1 Å². The normalized spacial score (nSPS) is 44.7. The molecule has 1 saturated heterocycles. The number of rotatable bonds is 2. The number of fused-ring (bicyclic) bond motifs is 1. The summed E-state index contributed by atoms with van der Waals surface area (Å²) < 4.78 is 13.5. The smallest absolute Gasteiger partial charge is 0.100 e. The van der Waals surface area contributed by atoms with Gasteiger partial charge in [0.1, 0.15) is 6.17 Å². The second kappa shape index (κ2) is 6.80. The topological polar surface area (TPSA) is 44.9 Å². The van der Waals surface area contributed by atoms with Crippen LogP contribution in [0.3, 0.4) is 0 Å². The Hall–Kier alpha value is -0.680. The van der Waals surface area contributed by atoms with E-state index in [1.54, 1.807) is 0 Å². The minimum atomic E-state index is -0.583. The zero-order valence-corrected chi connectivity index (χ0v) is 15.9. The van der Waals surface area contributed by atoms with E-state index in [0.29, 0.717) is 30.0 Å². The minimum absolute atomic E-state index is 0.0256. The number of nitrogens with two attached hydrogens (primary N) is 1. The summed E-state index contributed by atoms with van der Waals surface area (Å²) in [6.45, 7) is 6.89. The molecular formula is C20H35FN4. The summed E-state index contributed by atoms with van der Waals surface area (Å²) in [5.41, 5.74) is 6.34. The zero-order chi connectivity index (χ0) is 17.6. The molecule has 4 unspecified atom stereocenters. The fourth-order valence-electron chi connectivity index (χ4n) is 5.63. The number of likely N-dealkylation sites (tertiary alicyclic amines) is 1. The van der Waals surface area contributed by atoms with Gasteiger partial charge in [-0.3, -0.25) is 9.91 Å². The fourth-order valence-corrected chi connectivity index (χ4v) is 5.63. The van der Waals surface area contributed by atoms with Crippen molar-refractivity contribution in [2.24, 2.45) is 22.7 Å². The van der Waals surface area contributed by atoms with Gasteiger partial charge in [-0.1, -0.05) is 6.92 Å². The van der Waals surface area contributed by atoms with Crippen LogP contribution in [0.4, 0.5) is 4.39 Å². The average Bonchev–Trinajstić information content (AvgIpc) is 2.98. The van der Waals surface area contributed by atoms with Crippen molar-refractivity contribution < 1.29 is 4.39 Å². The van der Waals surface area contributed by atoms with Crippen LogP contribution in [0.15, 0.2) is 5.10 Å². The van der Waals surface area contributed by atoms with E-state index in [4.69, 9.17) is 10.8 Å². The van der Waals surface area contributed by atoms with E-state index in [-0.39, 0.29) is 5.54 Å². The lowest BCUT2D eigenvalue weighted by Crippen LogP contribution is -2.56. The first-order valence-electron chi connectivity index (χ1n) is 10.4. The van der Waals surface area contributed by atoms with E-state index < -0.39 is 6.17 Å². The Morgan fingerprint density at radius 1 is 1.08 bits per heavy atom. The van der Waals surface area contributed by atoms with Gasteiger partial charge in [-0.2, -0.15) is 5.10 Å². The van der Waals surface area contributed by atoms with Crippen LogP contribution in [0.2, 0.25) is 0 Å². The molecule has 3 fully saturated rings. The highest BCUT2D eigenvalue weighted by Gasteiger charge is 2.45. The first kappa shape index (κ1) is 17.7. The molecule has 4 atom stereocenters. The molecule has 5 heteroatoms. The Kier molecular flexibility index (Phi) is 4.82. The molecule has 0 spiro atoms. The third-order valence-electron chi connectivity index (χ3n) is 7.42. The maximum Gasteiger partial charge on any atom is 0.100 e. The number of hydrogen-bond donors (Lipinski definition) is 1. The molecule has 4 aliphatic rings. The predicted octanol–water partition coefficient (Wildman–Crippen LogP) is 3.17. The SMILES string of the molecule is CC1CC2C(C=NN2C2CCC(F)CC2)CC1N1CCC(C)(N)CC1. The van der Waals surface area contributed by atoms with Crippen molar-refractivity contribution in [1.29, 1.82) is 0 Å². The molecule has 0 bridgehead atoms. The Labute approximate surface area is 152 Å². The molecule has 0 aromatic carbocycles. The molecule has 0 aromatic heterocycles. The highest BCUT2D eigenvalue weighted by molar-refractivity contribution is 5.64. The lowest BCUT2D eigenvalue weighted by atomic mass is 9.74. The monoisotopic (exact) mass is 350 g/mol. The first-order valence-corrected chi connectivity index (χ1v) is 10.4. The van der Waals surface area contributed by atoms with Crippen LogP contribution in [0.1, 0.15) is 65.2 Å². The Morgan fingerprint density at radius 3 is 2.44 bits per heavy atom. The molecule has 2 aliphatic heterocycles. The second-order valence-electron chi connectivity index (χ2n) is 9.49. The summed E-state index contributed by atoms with van der Waals surface area (Å²) in [6.07, 6.45) is 9.68. The Balaban J connectivity index is 1.37. The van der Waals surface area contributed by atoms with Crippen molar-refractivity contribution in [3.05, 3.63) is 0 Å². The number of nitrogens with zero attached hydrogens (tertiary/aromatic N) is 3. The molecule has 2 N–H and O–H groups in total. The van der Waals surface area contributed by atoms with E-state index in [9.17, 15) is 4.39 Å². The van der Waals surface area contributed by atoms with Crippen LogP contribution >= 0.6 is 0 Å². The highest BCUT2D eigenvalue weighted by atomic mass is 19.1. The molecule has 142 valence electrons. The lowest BCUT2D eigenvalue weighted by molar-refractivity contribution is 0.0100. The van der Waals surface area contributed by atoms with Gasteiger partial charge in [-0.25, -0.2) is 4.39 Å². The van der Waals surface area contributed by atoms with E-state index in [0.717, 1.165) is 51.6 Å². The van der Waals surface area contributed by atoms with Crippen molar-refractivity contribution in [3.8, 4) is 0 Å². The Morgan fingerprint density at radius 2 is 1.76 bits per heavy atom. The highest BCUT2D eigenvalue weighted by Crippen LogP contribution is 2.41. The van der Waals surface area contributed by atoms with Gasteiger partial charge >= 0.3 is 0 Å².